The van der Waals surface area contributed by atoms with Crippen LogP contribution < -0.4 is 20.5 Å². The van der Waals surface area contributed by atoms with E-state index in [1.807, 2.05) is 30.3 Å². The first-order valence-corrected chi connectivity index (χ1v) is 14.3. The van der Waals surface area contributed by atoms with E-state index in [-0.39, 0.29) is 39.7 Å². The molecular formula is C35H28Cl2F2N2O4. The normalized spacial score (nSPS) is 10.4. The molecule has 5 aromatic carbocycles. The van der Waals surface area contributed by atoms with Crippen LogP contribution in [0, 0.1) is 11.6 Å². The molecule has 0 bridgehead atoms. The first-order chi connectivity index (χ1) is 21.6. The van der Waals surface area contributed by atoms with E-state index in [0.717, 1.165) is 11.6 Å². The van der Waals surface area contributed by atoms with E-state index in [4.69, 9.17) is 38.4 Å². The number of rotatable bonds is 9. The summed E-state index contributed by atoms with van der Waals surface area (Å²) in [6, 6.07) is 27.9. The van der Waals surface area contributed by atoms with Gasteiger partial charge >= 0.3 is 0 Å². The lowest BCUT2D eigenvalue weighted by Crippen LogP contribution is -2.10. The molecule has 0 aliphatic rings. The van der Waals surface area contributed by atoms with Crippen LogP contribution in [0.2, 0.25) is 10.0 Å². The third kappa shape index (κ3) is 7.98. The van der Waals surface area contributed by atoms with Crippen molar-refractivity contribution in [3.8, 4) is 11.5 Å². The second-order valence-electron chi connectivity index (χ2n) is 9.56. The Kier molecular flexibility index (Phi) is 11.1. The number of ketones is 2. The van der Waals surface area contributed by atoms with E-state index in [9.17, 15) is 18.4 Å². The highest BCUT2D eigenvalue weighted by Gasteiger charge is 2.20. The standard InChI is InChI=1S/C21H17ClFNO2.C14H11ClFNO2/c1-26-20-12-19(24-13-14-7-3-2-4-8-14)16(11-18(20)23)21(25)15-9-5-6-10-17(15)22;1-19-13-7-12(17)9(6-11(13)16)14(18)8-4-2-3-5-10(8)15/h2-12,24H,13H2,1H3;2-7H,17H2,1H3. The molecule has 0 aliphatic carbocycles. The highest BCUT2D eigenvalue weighted by Crippen LogP contribution is 2.31. The molecule has 5 rings (SSSR count). The van der Waals surface area contributed by atoms with Gasteiger partial charge in [0.15, 0.2) is 34.7 Å². The van der Waals surface area contributed by atoms with Gasteiger partial charge in [-0.15, -0.1) is 0 Å². The molecule has 6 nitrogen and oxygen atoms in total. The number of methoxy groups -OCH3 is 2. The van der Waals surface area contributed by atoms with Crippen molar-refractivity contribution in [2.24, 2.45) is 0 Å². The highest BCUT2D eigenvalue weighted by atomic mass is 35.5. The van der Waals surface area contributed by atoms with Crippen molar-refractivity contribution in [2.45, 2.75) is 6.54 Å². The largest absolute Gasteiger partial charge is 0.494 e. The predicted octanol–water partition coefficient (Wildman–Crippen LogP) is 8.63. The zero-order valence-electron chi connectivity index (χ0n) is 24.2. The van der Waals surface area contributed by atoms with Crippen molar-refractivity contribution in [1.29, 1.82) is 0 Å². The van der Waals surface area contributed by atoms with Crippen LogP contribution in [-0.2, 0) is 6.54 Å². The van der Waals surface area contributed by atoms with E-state index in [2.05, 4.69) is 5.32 Å². The fourth-order valence-corrected chi connectivity index (χ4v) is 4.78. The van der Waals surface area contributed by atoms with Gasteiger partial charge in [-0.2, -0.15) is 0 Å². The molecule has 0 saturated carbocycles. The third-order valence-corrected chi connectivity index (χ3v) is 7.33. The zero-order chi connectivity index (χ0) is 32.5. The van der Waals surface area contributed by atoms with Gasteiger partial charge in [-0.05, 0) is 42.0 Å². The van der Waals surface area contributed by atoms with Crippen LogP contribution >= 0.6 is 23.2 Å². The van der Waals surface area contributed by atoms with E-state index in [0.29, 0.717) is 27.8 Å². The fourth-order valence-electron chi connectivity index (χ4n) is 4.34. The van der Waals surface area contributed by atoms with Crippen LogP contribution in [0.25, 0.3) is 0 Å². The van der Waals surface area contributed by atoms with Gasteiger partial charge in [-0.25, -0.2) is 8.78 Å². The van der Waals surface area contributed by atoms with Gasteiger partial charge in [0.25, 0.3) is 0 Å². The topological polar surface area (TPSA) is 90.7 Å². The maximum absolute atomic E-state index is 14.2. The minimum Gasteiger partial charge on any atom is -0.494 e. The number of nitrogen functional groups attached to an aromatic ring is 1. The number of nitrogens with two attached hydrogens (primary N) is 1. The number of carbonyl (C=O) groups is 2. The van der Waals surface area contributed by atoms with Crippen LogP contribution in [0.1, 0.15) is 37.4 Å². The van der Waals surface area contributed by atoms with Crippen LogP contribution in [-0.4, -0.2) is 25.8 Å². The molecule has 0 unspecified atom stereocenters. The van der Waals surface area contributed by atoms with Crippen LogP contribution in [0.5, 0.6) is 11.5 Å². The van der Waals surface area contributed by atoms with Crippen LogP contribution in [0.4, 0.5) is 20.2 Å². The molecule has 0 radical (unpaired) electrons. The molecule has 0 aliphatic heterocycles. The Morgan fingerprint density at radius 3 is 1.67 bits per heavy atom. The molecule has 0 atom stereocenters. The molecule has 0 spiro atoms. The average molecular weight is 650 g/mol. The van der Waals surface area contributed by atoms with E-state index < -0.39 is 17.4 Å². The molecule has 0 saturated heterocycles. The van der Waals surface area contributed by atoms with Gasteiger partial charge < -0.3 is 20.5 Å². The smallest absolute Gasteiger partial charge is 0.196 e. The fraction of sp³-hybridized carbons (Fsp3) is 0.0857. The number of hydrogen-bond acceptors (Lipinski definition) is 6. The van der Waals surface area contributed by atoms with Crippen LogP contribution in [0.3, 0.4) is 0 Å². The lowest BCUT2D eigenvalue weighted by molar-refractivity contribution is 0.103. The van der Waals surface area contributed by atoms with Gasteiger partial charge in [-0.1, -0.05) is 77.8 Å². The Hall–Kier alpha value is -4.92. The minimum atomic E-state index is -0.646. The van der Waals surface area contributed by atoms with Crippen LogP contribution in [0.15, 0.2) is 103 Å². The Balaban J connectivity index is 0.000000215. The molecule has 0 fully saturated rings. The van der Waals surface area contributed by atoms with Crippen molar-refractivity contribution in [3.63, 3.8) is 0 Å². The number of halogens is 4. The summed E-state index contributed by atoms with van der Waals surface area (Å²) < 4.78 is 37.7. The first kappa shape index (κ1) is 33.0. The van der Waals surface area contributed by atoms with E-state index in [1.54, 1.807) is 48.5 Å². The number of nitrogens with one attached hydrogen (secondary N) is 1. The first-order valence-electron chi connectivity index (χ1n) is 13.5. The summed E-state index contributed by atoms with van der Waals surface area (Å²) >= 11 is 12.1. The summed E-state index contributed by atoms with van der Waals surface area (Å²) in [6.45, 7) is 0.485. The molecule has 0 aromatic heterocycles. The molecule has 0 heterocycles. The monoisotopic (exact) mass is 648 g/mol. The number of hydrogen-bond donors (Lipinski definition) is 2. The molecule has 230 valence electrons. The summed E-state index contributed by atoms with van der Waals surface area (Å²) in [4.78, 5) is 25.2. The van der Waals surface area contributed by atoms with Gasteiger partial charge in [0.1, 0.15) is 0 Å². The predicted molar refractivity (Wildman–Crippen MR) is 174 cm³/mol. The number of carbonyl (C=O) groups excluding carboxylic acids is 2. The zero-order valence-corrected chi connectivity index (χ0v) is 25.8. The summed E-state index contributed by atoms with van der Waals surface area (Å²) in [5, 5.41) is 3.81. The number of anilines is 2. The van der Waals surface area contributed by atoms with Crippen molar-refractivity contribution in [3.05, 3.63) is 153 Å². The van der Waals surface area contributed by atoms with Gasteiger partial charge in [0.2, 0.25) is 0 Å². The van der Waals surface area contributed by atoms with Gasteiger partial charge in [0, 0.05) is 52.3 Å². The summed E-state index contributed by atoms with van der Waals surface area (Å²) in [5.41, 5.74) is 8.26. The third-order valence-electron chi connectivity index (χ3n) is 6.67. The maximum atomic E-state index is 14.2. The molecule has 10 heteroatoms. The lowest BCUT2D eigenvalue weighted by Gasteiger charge is -2.14. The second-order valence-corrected chi connectivity index (χ2v) is 10.4. The maximum Gasteiger partial charge on any atom is 0.196 e. The molecule has 0 amide bonds. The SMILES string of the molecule is COc1cc(N)c(C(=O)c2ccccc2Cl)cc1F.COc1cc(NCc2ccccc2)c(C(=O)c2ccccc2Cl)cc1F. The second kappa shape index (κ2) is 15.2. The quantitative estimate of drug-likeness (QED) is 0.123. The average Bonchev–Trinajstić information content (AvgIpc) is 3.05. The molecule has 5 aromatic rings. The highest BCUT2D eigenvalue weighted by molar-refractivity contribution is 6.35. The molecular weight excluding hydrogens is 621 g/mol. The van der Waals surface area contributed by atoms with E-state index >= 15 is 0 Å². The Labute approximate surface area is 269 Å². The summed E-state index contributed by atoms with van der Waals surface area (Å²) in [5.74, 6) is -1.97. The minimum absolute atomic E-state index is 0.00629. The summed E-state index contributed by atoms with van der Waals surface area (Å²) in [7, 11) is 2.71. The number of benzene rings is 5. The van der Waals surface area contributed by atoms with Crippen molar-refractivity contribution >= 4 is 46.1 Å². The van der Waals surface area contributed by atoms with Gasteiger partial charge in [-0.3, -0.25) is 9.59 Å². The lowest BCUT2D eigenvalue weighted by atomic mass is 10.0. The molecule has 3 N–H and O–H groups in total. The summed E-state index contributed by atoms with van der Waals surface area (Å²) in [6.07, 6.45) is 0. The number of ether oxygens (including phenoxy) is 2. The van der Waals surface area contributed by atoms with Crippen molar-refractivity contribution in [2.75, 3.05) is 25.3 Å². The van der Waals surface area contributed by atoms with Gasteiger partial charge in [0.05, 0.1) is 24.3 Å². The van der Waals surface area contributed by atoms with Crippen molar-refractivity contribution < 1.29 is 27.8 Å². The Bertz CT molecular complexity index is 1830. The van der Waals surface area contributed by atoms with Crippen molar-refractivity contribution in [1.82, 2.24) is 0 Å². The Morgan fingerprint density at radius 1 is 0.667 bits per heavy atom. The Morgan fingerprint density at radius 2 is 1.13 bits per heavy atom. The van der Waals surface area contributed by atoms with E-state index in [1.165, 1.54) is 32.4 Å². The molecule has 45 heavy (non-hydrogen) atoms.